The zero-order valence-corrected chi connectivity index (χ0v) is 21.9. The van der Waals surface area contributed by atoms with Crippen LogP contribution in [0, 0.1) is 5.92 Å². The van der Waals surface area contributed by atoms with E-state index in [1.165, 1.54) is 0 Å². The zero-order valence-electron chi connectivity index (χ0n) is 21.9. The molecule has 9 heteroatoms. The third-order valence-corrected chi connectivity index (χ3v) is 8.65. The molecule has 2 bridgehead atoms. The van der Waals surface area contributed by atoms with Crippen molar-refractivity contribution in [2.24, 2.45) is 5.92 Å². The highest BCUT2D eigenvalue weighted by Crippen LogP contribution is 2.56. The van der Waals surface area contributed by atoms with E-state index in [2.05, 4.69) is 27.1 Å². The summed E-state index contributed by atoms with van der Waals surface area (Å²) in [6.07, 6.45) is 8.16. The number of aldehydes is 2. The molecule has 202 valence electrons. The van der Waals surface area contributed by atoms with Gasteiger partial charge in [-0.25, -0.2) is 0 Å². The molecule has 1 N–H and O–H groups in total. The maximum Gasteiger partial charge on any atom is 0.314 e. The van der Waals surface area contributed by atoms with E-state index in [9.17, 15) is 19.2 Å². The van der Waals surface area contributed by atoms with Crippen LogP contribution in [0.25, 0.3) is 38.8 Å². The number of nitrogens with zero attached hydrogens (tertiary/aromatic N) is 2. The monoisotopic (exact) mass is 537 g/mol. The fraction of sp³-hybridized carbons (Fsp3) is 0.290. The maximum atomic E-state index is 13.6. The van der Waals surface area contributed by atoms with Crippen molar-refractivity contribution >= 4 is 63.2 Å². The molecule has 0 spiro atoms. The molecule has 0 saturated carbocycles. The van der Waals surface area contributed by atoms with Crippen LogP contribution in [0.5, 0.6) is 0 Å². The van der Waals surface area contributed by atoms with Crippen LogP contribution in [0.3, 0.4) is 0 Å². The molecule has 2 aromatic heterocycles. The van der Waals surface area contributed by atoms with Crippen LogP contribution in [0.2, 0.25) is 0 Å². The van der Waals surface area contributed by atoms with Crippen LogP contribution in [-0.4, -0.2) is 46.7 Å². The first-order valence-electron chi connectivity index (χ1n) is 13.4. The lowest BCUT2D eigenvalue weighted by Crippen LogP contribution is -2.41. The molecule has 7 rings (SSSR count). The second kappa shape index (κ2) is 8.76. The smallest absolute Gasteiger partial charge is 0.314 e. The first kappa shape index (κ1) is 24.5. The molecule has 0 radical (unpaired) electrons. The second-order valence-electron chi connectivity index (χ2n) is 10.6. The predicted octanol–water partition coefficient (Wildman–Crippen LogP) is 4.40. The molecule has 1 amide bonds. The molecular weight excluding hydrogens is 510 g/mol. The number of carbonyl (C=O) groups is 4. The zero-order chi connectivity index (χ0) is 27.8. The Labute approximate surface area is 229 Å². The SMILES string of the molecule is C=CC(=O)NCCOC(=O)C1CC2OC1(C)n1c3c(c4c(C=O)c(C=O)c5c6ccccc6n2c5c41)CCC=C3. The molecule has 4 heterocycles. The lowest BCUT2D eigenvalue weighted by molar-refractivity contribution is -0.165. The van der Waals surface area contributed by atoms with Crippen LogP contribution in [0.15, 0.2) is 43.0 Å². The minimum Gasteiger partial charge on any atom is -0.463 e. The Morgan fingerprint density at radius 1 is 1.18 bits per heavy atom. The maximum absolute atomic E-state index is 13.6. The number of aromatic nitrogens is 2. The van der Waals surface area contributed by atoms with Gasteiger partial charge in [-0.2, -0.15) is 0 Å². The molecular formula is C31H27N3O6. The molecule has 4 aromatic rings. The highest BCUT2D eigenvalue weighted by Gasteiger charge is 2.55. The van der Waals surface area contributed by atoms with Crippen molar-refractivity contribution in [1.82, 2.24) is 14.5 Å². The molecule has 1 fully saturated rings. The number of para-hydroxylation sites is 1. The number of hydrogen-bond acceptors (Lipinski definition) is 6. The van der Waals surface area contributed by atoms with Gasteiger partial charge < -0.3 is 23.9 Å². The van der Waals surface area contributed by atoms with Crippen LogP contribution in [-0.2, 0) is 31.2 Å². The van der Waals surface area contributed by atoms with Crippen LogP contribution < -0.4 is 5.32 Å². The number of carbonyl (C=O) groups excluding carboxylic acids is 4. The van der Waals surface area contributed by atoms with Gasteiger partial charge in [0, 0.05) is 39.4 Å². The Bertz CT molecular complexity index is 1840. The summed E-state index contributed by atoms with van der Waals surface area (Å²) in [5.74, 6) is -1.43. The lowest BCUT2D eigenvalue weighted by Gasteiger charge is -2.33. The average molecular weight is 538 g/mol. The van der Waals surface area contributed by atoms with Crippen molar-refractivity contribution < 1.29 is 28.7 Å². The Morgan fingerprint density at radius 3 is 2.73 bits per heavy atom. The first-order valence-corrected chi connectivity index (χ1v) is 13.4. The van der Waals surface area contributed by atoms with Crippen molar-refractivity contribution in [1.29, 1.82) is 0 Å². The van der Waals surface area contributed by atoms with E-state index in [4.69, 9.17) is 9.47 Å². The lowest BCUT2D eigenvalue weighted by atomic mass is 9.93. The highest BCUT2D eigenvalue weighted by molar-refractivity contribution is 6.27. The van der Waals surface area contributed by atoms with Gasteiger partial charge in [0.2, 0.25) is 5.91 Å². The number of esters is 1. The summed E-state index contributed by atoms with van der Waals surface area (Å²) in [7, 11) is 0. The number of rotatable bonds is 7. The van der Waals surface area contributed by atoms with Crippen LogP contribution in [0.1, 0.15) is 58.0 Å². The molecule has 2 aliphatic heterocycles. The largest absolute Gasteiger partial charge is 0.463 e. The van der Waals surface area contributed by atoms with Gasteiger partial charge in [-0.1, -0.05) is 30.9 Å². The third-order valence-electron chi connectivity index (χ3n) is 8.65. The normalized spacial score (nSPS) is 22.4. The quantitative estimate of drug-likeness (QED) is 0.162. The Hall–Kier alpha value is -4.50. The number of benzene rings is 2. The number of hydrogen-bond donors (Lipinski definition) is 1. The Kier molecular flexibility index (Phi) is 5.37. The van der Waals surface area contributed by atoms with Crippen molar-refractivity contribution in [3.8, 4) is 0 Å². The van der Waals surface area contributed by atoms with Gasteiger partial charge in [0.1, 0.15) is 18.8 Å². The van der Waals surface area contributed by atoms with E-state index in [0.29, 0.717) is 24.0 Å². The molecule has 3 aliphatic rings. The number of aryl methyl sites for hydroxylation is 1. The summed E-state index contributed by atoms with van der Waals surface area (Å²) in [6, 6.07) is 7.77. The predicted molar refractivity (Wildman–Crippen MR) is 149 cm³/mol. The van der Waals surface area contributed by atoms with Crippen molar-refractivity contribution in [2.45, 2.75) is 38.1 Å². The van der Waals surface area contributed by atoms with Gasteiger partial charge in [0.05, 0.1) is 23.1 Å². The average Bonchev–Trinajstić information content (AvgIpc) is 3.59. The molecule has 2 aromatic carbocycles. The first-order chi connectivity index (χ1) is 19.4. The Balaban J connectivity index is 1.51. The van der Waals surface area contributed by atoms with E-state index in [-0.39, 0.29) is 19.1 Å². The van der Waals surface area contributed by atoms with Crippen molar-refractivity contribution in [3.05, 3.63) is 65.4 Å². The van der Waals surface area contributed by atoms with Gasteiger partial charge in [-0.15, -0.1) is 0 Å². The number of ether oxygens (including phenoxy) is 2. The molecule has 3 atom stereocenters. The van der Waals surface area contributed by atoms with E-state index in [1.54, 1.807) is 0 Å². The molecule has 3 unspecified atom stereocenters. The van der Waals surface area contributed by atoms with Gasteiger partial charge in [-0.3, -0.25) is 19.2 Å². The third kappa shape index (κ3) is 3.06. The summed E-state index contributed by atoms with van der Waals surface area (Å²) in [5, 5.41) is 4.93. The fourth-order valence-electron chi connectivity index (χ4n) is 7.05. The second-order valence-corrected chi connectivity index (χ2v) is 10.6. The van der Waals surface area contributed by atoms with Crippen molar-refractivity contribution in [2.75, 3.05) is 13.2 Å². The van der Waals surface area contributed by atoms with Gasteiger partial charge in [0.15, 0.2) is 18.3 Å². The summed E-state index contributed by atoms with van der Waals surface area (Å²) in [5.41, 5.74) is 3.93. The number of fused-ring (bicyclic) bond motifs is 10. The van der Waals surface area contributed by atoms with E-state index >= 15 is 0 Å². The van der Waals surface area contributed by atoms with E-state index < -0.39 is 23.8 Å². The molecule has 1 saturated heterocycles. The molecule has 9 nitrogen and oxygen atoms in total. The van der Waals surface area contributed by atoms with Gasteiger partial charge >= 0.3 is 5.97 Å². The highest BCUT2D eigenvalue weighted by atomic mass is 16.6. The minimum atomic E-state index is -1.13. The Morgan fingerprint density at radius 2 is 1.95 bits per heavy atom. The summed E-state index contributed by atoms with van der Waals surface area (Å²) < 4.78 is 16.6. The molecule has 40 heavy (non-hydrogen) atoms. The van der Waals surface area contributed by atoms with E-state index in [0.717, 1.165) is 69.0 Å². The summed E-state index contributed by atoms with van der Waals surface area (Å²) in [6.45, 7) is 5.50. The topological polar surface area (TPSA) is 109 Å². The van der Waals surface area contributed by atoms with Crippen molar-refractivity contribution in [3.63, 3.8) is 0 Å². The summed E-state index contributed by atoms with van der Waals surface area (Å²) >= 11 is 0. The van der Waals surface area contributed by atoms with Gasteiger partial charge in [0.25, 0.3) is 0 Å². The molecule has 1 aliphatic carbocycles. The minimum absolute atomic E-state index is 0.0139. The van der Waals surface area contributed by atoms with Crippen LogP contribution in [0.4, 0.5) is 0 Å². The standard InChI is InChI=1S/C31H27N3O6/c1-3-24(37)32-12-13-39-30(38)21-14-25-33-22-10-6-4-8-17(22)26-19(15-35)20(16-36)27-18-9-5-7-11-23(18)34(29(27)28(26)33)31(21,2)40-25/h3-4,6-8,10-11,15-16,21,25H,1,5,9,12-14H2,2H3,(H,32,37). The van der Waals surface area contributed by atoms with Gasteiger partial charge in [-0.05, 0) is 43.5 Å². The fourth-order valence-corrected chi connectivity index (χ4v) is 7.05. The number of nitrogens with one attached hydrogen (secondary N) is 1. The number of allylic oxidation sites excluding steroid dienone is 1. The van der Waals surface area contributed by atoms with E-state index in [1.807, 2.05) is 37.3 Å². The number of amides is 1. The van der Waals surface area contributed by atoms with Crippen LogP contribution >= 0.6 is 0 Å². The summed E-state index contributed by atoms with van der Waals surface area (Å²) in [4.78, 5) is 50.4.